The third kappa shape index (κ3) is 6.92. The van der Waals surface area contributed by atoms with Crippen LogP contribution < -0.4 is 5.32 Å². The lowest BCUT2D eigenvalue weighted by Gasteiger charge is -2.25. The zero-order valence-corrected chi connectivity index (χ0v) is 12.6. The van der Waals surface area contributed by atoms with Gasteiger partial charge in [-0.2, -0.15) is 0 Å². The zero-order chi connectivity index (χ0) is 13.9. The summed E-state index contributed by atoms with van der Waals surface area (Å²) in [6.07, 6.45) is 7.75. The Balaban J connectivity index is 2.30. The zero-order valence-electron chi connectivity index (χ0n) is 12.6. The number of methoxy groups -OCH3 is 1. The van der Waals surface area contributed by atoms with Gasteiger partial charge in [-0.05, 0) is 25.8 Å². The van der Waals surface area contributed by atoms with Crippen LogP contribution in [0.1, 0.15) is 51.9 Å². The number of hydrogen-bond donors (Lipinski definition) is 1. The van der Waals surface area contributed by atoms with Crippen molar-refractivity contribution < 1.29 is 9.53 Å². The third-order valence-corrected chi connectivity index (χ3v) is 3.77. The van der Waals surface area contributed by atoms with Gasteiger partial charge in [0.1, 0.15) is 0 Å². The highest BCUT2D eigenvalue weighted by Gasteiger charge is 2.20. The SMILES string of the molecule is CCCCCCC(=O)N(CCOC)CC1CCCN1. The standard InChI is InChI=1S/C15H30N2O2/c1-3-4-5-6-9-15(18)17(11-12-19-2)13-14-8-7-10-16-14/h14,16H,3-13H2,1-2H3. The van der Waals surface area contributed by atoms with Crippen molar-refractivity contribution in [2.24, 2.45) is 0 Å². The number of carbonyl (C=O) groups is 1. The maximum atomic E-state index is 12.2. The van der Waals surface area contributed by atoms with Gasteiger partial charge in [-0.25, -0.2) is 0 Å². The molecule has 112 valence electrons. The molecule has 4 heteroatoms. The molecule has 0 radical (unpaired) electrons. The minimum Gasteiger partial charge on any atom is -0.383 e. The maximum absolute atomic E-state index is 12.2. The van der Waals surface area contributed by atoms with Crippen LogP contribution in [0.3, 0.4) is 0 Å². The lowest BCUT2D eigenvalue weighted by molar-refractivity contribution is -0.132. The van der Waals surface area contributed by atoms with Gasteiger partial charge in [-0.1, -0.05) is 26.2 Å². The van der Waals surface area contributed by atoms with Gasteiger partial charge in [0.25, 0.3) is 0 Å². The smallest absolute Gasteiger partial charge is 0.222 e. The average Bonchev–Trinajstić information content (AvgIpc) is 2.92. The highest BCUT2D eigenvalue weighted by molar-refractivity contribution is 5.76. The summed E-state index contributed by atoms with van der Waals surface area (Å²) in [4.78, 5) is 14.2. The summed E-state index contributed by atoms with van der Waals surface area (Å²) in [6.45, 7) is 5.48. The predicted octanol–water partition coefficient (Wildman–Crippen LogP) is 2.18. The highest BCUT2D eigenvalue weighted by Crippen LogP contribution is 2.10. The first-order chi connectivity index (χ1) is 9.27. The molecule has 1 rings (SSSR count). The molecule has 1 heterocycles. The Hall–Kier alpha value is -0.610. The van der Waals surface area contributed by atoms with Gasteiger partial charge in [0, 0.05) is 32.7 Å². The molecule has 1 unspecified atom stereocenters. The van der Waals surface area contributed by atoms with E-state index in [4.69, 9.17) is 4.74 Å². The van der Waals surface area contributed by atoms with Crippen LogP contribution in [0.4, 0.5) is 0 Å². The second kappa shape index (κ2) is 10.2. The molecule has 1 aliphatic heterocycles. The second-order valence-corrected chi connectivity index (χ2v) is 5.44. The first-order valence-corrected chi connectivity index (χ1v) is 7.78. The Bertz CT molecular complexity index is 240. The number of amides is 1. The molecule has 0 saturated carbocycles. The van der Waals surface area contributed by atoms with Crippen molar-refractivity contribution in [3.8, 4) is 0 Å². The average molecular weight is 270 g/mol. The molecule has 19 heavy (non-hydrogen) atoms. The third-order valence-electron chi connectivity index (χ3n) is 3.77. The van der Waals surface area contributed by atoms with Crippen LogP contribution in [0.25, 0.3) is 0 Å². The van der Waals surface area contributed by atoms with Crippen LogP contribution in [-0.2, 0) is 9.53 Å². The molecule has 1 saturated heterocycles. The fourth-order valence-electron chi connectivity index (χ4n) is 2.56. The van der Waals surface area contributed by atoms with Gasteiger partial charge in [0.15, 0.2) is 0 Å². The molecule has 1 N–H and O–H groups in total. The minimum atomic E-state index is 0.293. The normalized spacial score (nSPS) is 18.7. The summed E-state index contributed by atoms with van der Waals surface area (Å²) in [5.41, 5.74) is 0. The van der Waals surface area contributed by atoms with E-state index in [0.717, 1.165) is 26.1 Å². The topological polar surface area (TPSA) is 41.6 Å². The maximum Gasteiger partial charge on any atom is 0.222 e. The lowest BCUT2D eigenvalue weighted by atomic mass is 10.1. The Labute approximate surface area is 117 Å². The molecule has 0 spiro atoms. The van der Waals surface area contributed by atoms with Gasteiger partial charge < -0.3 is 15.0 Å². The Morgan fingerprint density at radius 1 is 1.37 bits per heavy atom. The molecule has 1 aliphatic rings. The summed E-state index contributed by atoms with van der Waals surface area (Å²) < 4.78 is 5.12. The van der Waals surface area contributed by atoms with Crippen molar-refractivity contribution in [2.75, 3.05) is 33.4 Å². The fourth-order valence-corrected chi connectivity index (χ4v) is 2.56. The van der Waals surface area contributed by atoms with Gasteiger partial charge in [0.05, 0.1) is 6.61 Å². The van der Waals surface area contributed by atoms with E-state index < -0.39 is 0 Å². The van der Waals surface area contributed by atoms with Crippen LogP contribution in [0.2, 0.25) is 0 Å². The van der Waals surface area contributed by atoms with E-state index >= 15 is 0 Å². The Morgan fingerprint density at radius 2 is 2.21 bits per heavy atom. The van der Waals surface area contributed by atoms with Gasteiger partial charge in [0.2, 0.25) is 5.91 Å². The summed E-state index contributed by atoms with van der Waals surface area (Å²) in [6, 6.07) is 0.483. The first kappa shape index (κ1) is 16.4. The van der Waals surface area contributed by atoms with E-state index in [1.165, 1.54) is 32.1 Å². The number of rotatable bonds is 10. The van der Waals surface area contributed by atoms with Crippen molar-refractivity contribution >= 4 is 5.91 Å². The molecule has 0 bridgehead atoms. The summed E-state index contributed by atoms with van der Waals surface area (Å²) in [7, 11) is 1.69. The minimum absolute atomic E-state index is 0.293. The Morgan fingerprint density at radius 3 is 2.84 bits per heavy atom. The van der Waals surface area contributed by atoms with E-state index in [-0.39, 0.29) is 0 Å². The molecule has 1 amide bonds. The molecule has 0 aromatic heterocycles. The van der Waals surface area contributed by atoms with E-state index in [1.54, 1.807) is 7.11 Å². The van der Waals surface area contributed by atoms with Crippen molar-refractivity contribution in [3.05, 3.63) is 0 Å². The Kier molecular flexibility index (Phi) is 8.84. The van der Waals surface area contributed by atoms with Gasteiger partial charge in [-0.15, -0.1) is 0 Å². The highest BCUT2D eigenvalue weighted by atomic mass is 16.5. The van der Waals surface area contributed by atoms with Gasteiger partial charge in [-0.3, -0.25) is 4.79 Å². The van der Waals surface area contributed by atoms with Crippen LogP contribution >= 0.6 is 0 Å². The van der Waals surface area contributed by atoms with Crippen molar-refractivity contribution in [3.63, 3.8) is 0 Å². The van der Waals surface area contributed by atoms with Crippen molar-refractivity contribution in [1.29, 1.82) is 0 Å². The predicted molar refractivity (Wildman–Crippen MR) is 78.2 cm³/mol. The molecule has 0 aromatic carbocycles. The number of unbranched alkanes of at least 4 members (excludes halogenated alkanes) is 3. The molecule has 1 atom stereocenters. The summed E-state index contributed by atoms with van der Waals surface area (Å²) in [5, 5.41) is 3.46. The largest absolute Gasteiger partial charge is 0.383 e. The van der Waals surface area contributed by atoms with Crippen LogP contribution in [0.15, 0.2) is 0 Å². The molecule has 1 fully saturated rings. The van der Waals surface area contributed by atoms with Gasteiger partial charge >= 0.3 is 0 Å². The quantitative estimate of drug-likeness (QED) is 0.619. The van der Waals surface area contributed by atoms with Crippen molar-refractivity contribution in [2.45, 2.75) is 57.9 Å². The summed E-state index contributed by atoms with van der Waals surface area (Å²) >= 11 is 0. The number of hydrogen-bond acceptors (Lipinski definition) is 3. The number of nitrogens with zero attached hydrogens (tertiary/aromatic N) is 1. The van der Waals surface area contributed by atoms with Crippen molar-refractivity contribution in [1.82, 2.24) is 10.2 Å². The van der Waals surface area contributed by atoms with E-state index in [9.17, 15) is 4.79 Å². The molecule has 0 aromatic rings. The first-order valence-electron chi connectivity index (χ1n) is 7.78. The molecule has 0 aliphatic carbocycles. The molecule has 4 nitrogen and oxygen atoms in total. The van der Waals surface area contributed by atoms with Crippen LogP contribution in [0, 0.1) is 0 Å². The van der Waals surface area contributed by atoms with E-state index in [2.05, 4.69) is 12.2 Å². The van der Waals surface area contributed by atoms with E-state index in [0.29, 0.717) is 25.0 Å². The fraction of sp³-hybridized carbons (Fsp3) is 0.933. The lowest BCUT2D eigenvalue weighted by Crippen LogP contribution is -2.42. The monoisotopic (exact) mass is 270 g/mol. The molecular formula is C15H30N2O2. The van der Waals surface area contributed by atoms with E-state index in [1.807, 2.05) is 4.90 Å². The molecular weight excluding hydrogens is 240 g/mol. The number of ether oxygens (including phenoxy) is 1. The summed E-state index contributed by atoms with van der Waals surface area (Å²) in [5.74, 6) is 0.293. The number of nitrogens with one attached hydrogen (secondary N) is 1. The van der Waals surface area contributed by atoms with Crippen LogP contribution in [-0.4, -0.2) is 50.2 Å². The van der Waals surface area contributed by atoms with Crippen LogP contribution in [0.5, 0.6) is 0 Å². The number of carbonyl (C=O) groups excluding carboxylic acids is 1. The second-order valence-electron chi connectivity index (χ2n) is 5.44.